The lowest BCUT2D eigenvalue weighted by atomic mass is 10.1. The van der Waals surface area contributed by atoms with Crippen LogP contribution in [0.2, 0.25) is 0 Å². The van der Waals surface area contributed by atoms with E-state index >= 15 is 0 Å². The number of hydrogen-bond acceptors (Lipinski definition) is 0. The van der Waals surface area contributed by atoms with Gasteiger partial charge in [-0.2, -0.15) is 0 Å². The third-order valence-corrected chi connectivity index (χ3v) is 8.68. The minimum absolute atomic E-state index is 1.04. The predicted octanol–water partition coefficient (Wildman–Crippen LogP) is 9.41. The molecule has 7 rings (SSSR count). The molecule has 7 aromatic rings. The zero-order valence-corrected chi connectivity index (χ0v) is 21.2. The molecule has 2 heterocycles. The van der Waals surface area contributed by atoms with Crippen molar-refractivity contribution in [3.05, 3.63) is 118 Å². The Balaban J connectivity index is 1.70. The molecule has 0 aliphatic rings. The fraction of sp³-hybridized carbons (Fsp3) is 0. The monoisotopic (exact) mass is 564 g/mol. The Bertz CT molecular complexity index is 1880. The average Bonchev–Trinajstić information content (AvgIpc) is 3.37. The minimum atomic E-state index is 1.04. The van der Waals surface area contributed by atoms with E-state index in [1.807, 2.05) is 0 Å². The smallest absolute Gasteiger partial charge is 0.0615 e. The van der Waals surface area contributed by atoms with E-state index in [9.17, 15) is 0 Å². The highest BCUT2D eigenvalue weighted by Crippen LogP contribution is 2.41. The van der Waals surface area contributed by atoms with Crippen LogP contribution in [0.4, 0.5) is 0 Å². The standard InChI is InChI=1S/C30H18Br2N2/c31-24-13-8-16-27(30(24)32)34-26-15-7-5-12-21(26)23-17-28-22(18-29(23)34)20-11-4-6-14-25(20)33(28)19-9-2-1-3-10-19/h1-18H. The lowest BCUT2D eigenvalue weighted by Gasteiger charge is -2.11. The molecule has 0 radical (unpaired) electrons. The second-order valence-electron chi connectivity index (χ2n) is 8.50. The summed E-state index contributed by atoms with van der Waals surface area (Å²) < 4.78 is 6.83. The second-order valence-corrected chi connectivity index (χ2v) is 10.1. The lowest BCUT2D eigenvalue weighted by molar-refractivity contribution is 1.16. The molecule has 4 heteroatoms. The van der Waals surface area contributed by atoms with E-state index in [1.54, 1.807) is 0 Å². The normalized spacial score (nSPS) is 11.8. The highest BCUT2D eigenvalue weighted by atomic mass is 79.9. The first kappa shape index (κ1) is 20.1. The topological polar surface area (TPSA) is 9.86 Å². The Hall–Kier alpha value is -3.34. The number of nitrogens with zero attached hydrogens (tertiary/aromatic N) is 2. The molecule has 5 aromatic carbocycles. The summed E-state index contributed by atoms with van der Waals surface area (Å²) in [6.45, 7) is 0. The van der Waals surface area contributed by atoms with Gasteiger partial charge >= 0.3 is 0 Å². The van der Waals surface area contributed by atoms with Gasteiger partial charge in [0.25, 0.3) is 0 Å². The van der Waals surface area contributed by atoms with E-state index in [0.29, 0.717) is 0 Å². The van der Waals surface area contributed by atoms with Crippen LogP contribution in [0.3, 0.4) is 0 Å². The van der Waals surface area contributed by atoms with E-state index < -0.39 is 0 Å². The number of aromatic nitrogens is 2. The van der Waals surface area contributed by atoms with Crippen molar-refractivity contribution in [1.29, 1.82) is 0 Å². The first-order valence-corrected chi connectivity index (χ1v) is 12.8. The van der Waals surface area contributed by atoms with Crippen LogP contribution >= 0.6 is 31.9 Å². The van der Waals surface area contributed by atoms with Gasteiger partial charge in [-0.1, -0.05) is 60.7 Å². The molecule has 0 aliphatic heterocycles. The lowest BCUT2D eigenvalue weighted by Crippen LogP contribution is -1.96. The molecule has 0 saturated carbocycles. The van der Waals surface area contributed by atoms with Gasteiger partial charge in [0.1, 0.15) is 0 Å². The third kappa shape index (κ3) is 2.79. The van der Waals surface area contributed by atoms with Gasteiger partial charge in [0, 0.05) is 31.7 Å². The quantitative estimate of drug-likeness (QED) is 0.197. The second kappa shape index (κ2) is 7.59. The largest absolute Gasteiger partial charge is 0.309 e. The van der Waals surface area contributed by atoms with E-state index in [0.717, 1.165) is 14.6 Å². The van der Waals surface area contributed by atoms with Crippen molar-refractivity contribution in [2.24, 2.45) is 0 Å². The van der Waals surface area contributed by atoms with Gasteiger partial charge in [0.15, 0.2) is 0 Å². The molecule has 2 nitrogen and oxygen atoms in total. The van der Waals surface area contributed by atoms with Crippen LogP contribution in [-0.4, -0.2) is 9.13 Å². The van der Waals surface area contributed by atoms with Crippen LogP contribution in [-0.2, 0) is 0 Å². The van der Waals surface area contributed by atoms with Crippen molar-refractivity contribution >= 4 is 75.5 Å². The molecule has 0 unspecified atom stereocenters. The van der Waals surface area contributed by atoms with Crippen LogP contribution in [0.15, 0.2) is 118 Å². The minimum Gasteiger partial charge on any atom is -0.309 e. The number of para-hydroxylation sites is 3. The summed E-state index contributed by atoms with van der Waals surface area (Å²) in [5.74, 6) is 0. The van der Waals surface area contributed by atoms with Gasteiger partial charge in [0.05, 0.1) is 32.2 Å². The number of benzene rings is 5. The molecular formula is C30H18Br2N2. The zero-order chi connectivity index (χ0) is 22.8. The Kier molecular flexibility index (Phi) is 4.48. The Morgan fingerprint density at radius 2 is 1.00 bits per heavy atom. The van der Waals surface area contributed by atoms with Crippen molar-refractivity contribution in [3.63, 3.8) is 0 Å². The molecule has 0 spiro atoms. The van der Waals surface area contributed by atoms with Gasteiger partial charge in [0.2, 0.25) is 0 Å². The maximum atomic E-state index is 3.83. The number of halogens is 2. The van der Waals surface area contributed by atoms with Crippen LogP contribution in [0.5, 0.6) is 0 Å². The zero-order valence-electron chi connectivity index (χ0n) is 18.0. The molecule has 0 saturated heterocycles. The summed E-state index contributed by atoms with van der Waals surface area (Å²) in [6.07, 6.45) is 0. The first-order valence-electron chi connectivity index (χ1n) is 11.2. The predicted molar refractivity (Wildman–Crippen MR) is 151 cm³/mol. The van der Waals surface area contributed by atoms with Crippen LogP contribution in [0.1, 0.15) is 0 Å². The summed E-state index contributed by atoms with van der Waals surface area (Å²) in [6, 6.07) is 39.0. The molecule has 0 amide bonds. The molecule has 0 atom stereocenters. The van der Waals surface area contributed by atoms with Crippen molar-refractivity contribution in [2.75, 3.05) is 0 Å². The summed E-state index contributed by atoms with van der Waals surface area (Å²) in [4.78, 5) is 0. The Morgan fingerprint density at radius 3 is 1.68 bits per heavy atom. The number of rotatable bonds is 2. The van der Waals surface area contributed by atoms with E-state index in [4.69, 9.17) is 0 Å². The van der Waals surface area contributed by atoms with Crippen molar-refractivity contribution < 1.29 is 0 Å². The van der Waals surface area contributed by atoms with E-state index in [2.05, 4.69) is 150 Å². The number of fused-ring (bicyclic) bond motifs is 6. The molecule has 2 aromatic heterocycles. The van der Waals surface area contributed by atoms with Crippen molar-refractivity contribution in [1.82, 2.24) is 9.13 Å². The Labute approximate surface area is 213 Å². The first-order chi connectivity index (χ1) is 16.7. The molecular weight excluding hydrogens is 548 g/mol. The number of hydrogen-bond donors (Lipinski definition) is 0. The fourth-order valence-corrected chi connectivity index (χ4v) is 6.01. The SMILES string of the molecule is Brc1cccc(-n2c3ccccc3c3cc4c(cc32)c2ccccc2n4-c2ccccc2)c1Br. The van der Waals surface area contributed by atoms with Crippen LogP contribution < -0.4 is 0 Å². The van der Waals surface area contributed by atoms with Crippen LogP contribution in [0, 0.1) is 0 Å². The van der Waals surface area contributed by atoms with Gasteiger partial charge in [-0.25, -0.2) is 0 Å². The summed E-state index contributed by atoms with van der Waals surface area (Å²) in [5, 5.41) is 5.00. The maximum absolute atomic E-state index is 3.83. The third-order valence-electron chi connectivity index (χ3n) is 6.65. The van der Waals surface area contributed by atoms with Gasteiger partial charge < -0.3 is 9.13 Å². The molecule has 0 fully saturated rings. The highest BCUT2D eigenvalue weighted by Gasteiger charge is 2.19. The summed E-state index contributed by atoms with van der Waals surface area (Å²) in [5.41, 5.74) is 7.12. The van der Waals surface area contributed by atoms with Crippen molar-refractivity contribution in [3.8, 4) is 11.4 Å². The maximum Gasteiger partial charge on any atom is 0.0615 e. The highest BCUT2D eigenvalue weighted by molar-refractivity contribution is 9.13. The average molecular weight is 566 g/mol. The molecule has 162 valence electrons. The summed E-state index contributed by atoms with van der Waals surface area (Å²) >= 11 is 7.52. The summed E-state index contributed by atoms with van der Waals surface area (Å²) in [7, 11) is 0. The van der Waals surface area contributed by atoms with Gasteiger partial charge in [-0.3, -0.25) is 0 Å². The van der Waals surface area contributed by atoms with Crippen molar-refractivity contribution in [2.45, 2.75) is 0 Å². The van der Waals surface area contributed by atoms with Crippen LogP contribution in [0.25, 0.3) is 55.0 Å². The molecule has 0 N–H and O–H groups in total. The molecule has 34 heavy (non-hydrogen) atoms. The molecule has 0 bridgehead atoms. The van der Waals surface area contributed by atoms with E-state index in [-0.39, 0.29) is 0 Å². The Morgan fingerprint density at radius 1 is 0.441 bits per heavy atom. The van der Waals surface area contributed by atoms with Gasteiger partial charge in [-0.15, -0.1) is 0 Å². The van der Waals surface area contributed by atoms with Gasteiger partial charge in [-0.05, 0) is 80.4 Å². The van der Waals surface area contributed by atoms with E-state index in [1.165, 1.54) is 49.3 Å². The molecule has 0 aliphatic carbocycles. The fourth-order valence-electron chi connectivity index (χ4n) is 5.21.